The first kappa shape index (κ1) is 18.2. The Morgan fingerprint density at radius 2 is 1.91 bits per heavy atom. The third kappa shape index (κ3) is 4.92. The molecule has 0 aromatic rings. The molecule has 1 fully saturated rings. The zero-order valence-corrected chi connectivity index (χ0v) is 14.8. The Balaban J connectivity index is 1.77. The highest BCUT2D eigenvalue weighted by Gasteiger charge is 2.37. The summed E-state index contributed by atoms with van der Waals surface area (Å²) in [5.74, 6) is 2.16. The van der Waals surface area contributed by atoms with Crippen molar-refractivity contribution in [2.75, 3.05) is 12.8 Å². The molecule has 2 bridgehead atoms. The number of rotatable bonds is 10. The molecular formula is C17H31O4P. The Bertz CT molecular complexity index is 424. The smallest absolute Gasteiger partial charge is 0.325 e. The van der Waals surface area contributed by atoms with E-state index in [1.165, 1.54) is 12.8 Å². The Labute approximate surface area is 134 Å². The lowest BCUT2D eigenvalue weighted by molar-refractivity contribution is -0.0756. The maximum atomic E-state index is 10.9. The summed E-state index contributed by atoms with van der Waals surface area (Å²) in [6.45, 7) is 5.16. The average Bonchev–Trinajstić information content (AvgIpc) is 3.09. The molecule has 0 aliphatic heterocycles. The van der Waals surface area contributed by atoms with Crippen LogP contribution >= 0.6 is 7.60 Å². The Hall–Kier alpha value is -0.150. The molecule has 128 valence electrons. The zero-order valence-electron chi connectivity index (χ0n) is 13.9. The fourth-order valence-electron chi connectivity index (χ4n) is 4.01. The van der Waals surface area contributed by atoms with Crippen molar-refractivity contribution in [1.29, 1.82) is 0 Å². The van der Waals surface area contributed by atoms with Crippen LogP contribution < -0.4 is 0 Å². The van der Waals surface area contributed by atoms with Crippen LogP contribution in [0.5, 0.6) is 0 Å². The summed E-state index contributed by atoms with van der Waals surface area (Å²) >= 11 is 0. The van der Waals surface area contributed by atoms with Crippen LogP contribution in [-0.4, -0.2) is 28.2 Å². The van der Waals surface area contributed by atoms with Crippen LogP contribution in [0.1, 0.15) is 58.8 Å². The van der Waals surface area contributed by atoms with Crippen molar-refractivity contribution < 1.29 is 19.1 Å². The van der Waals surface area contributed by atoms with Gasteiger partial charge in [0.2, 0.25) is 0 Å². The highest BCUT2D eigenvalue weighted by molar-refractivity contribution is 7.51. The van der Waals surface area contributed by atoms with Crippen LogP contribution in [0.15, 0.2) is 12.2 Å². The van der Waals surface area contributed by atoms with E-state index in [0.29, 0.717) is 18.3 Å². The van der Waals surface area contributed by atoms with Crippen molar-refractivity contribution in [3.63, 3.8) is 0 Å². The number of unbranched alkanes of at least 4 members (excludes halogenated alkanes) is 1. The van der Waals surface area contributed by atoms with Gasteiger partial charge in [0.1, 0.15) is 0 Å². The lowest BCUT2D eigenvalue weighted by Crippen LogP contribution is -2.34. The molecule has 0 radical (unpaired) electrons. The molecule has 0 heterocycles. The van der Waals surface area contributed by atoms with Crippen LogP contribution in [0.3, 0.4) is 0 Å². The third-order valence-corrected chi connectivity index (χ3v) is 6.54. The van der Waals surface area contributed by atoms with Crippen molar-refractivity contribution in [1.82, 2.24) is 0 Å². The van der Waals surface area contributed by atoms with Gasteiger partial charge in [-0.15, -0.1) is 0 Å². The number of fused-ring (bicyclic) bond motifs is 2. The molecule has 0 spiro atoms. The van der Waals surface area contributed by atoms with Gasteiger partial charge in [-0.2, -0.15) is 0 Å². The summed E-state index contributed by atoms with van der Waals surface area (Å²) in [6, 6.07) is 0. The molecule has 2 aliphatic rings. The second-order valence-electron chi connectivity index (χ2n) is 7.09. The zero-order chi connectivity index (χ0) is 16.2. The van der Waals surface area contributed by atoms with E-state index >= 15 is 0 Å². The molecule has 2 rings (SSSR count). The molecular weight excluding hydrogens is 299 g/mol. The van der Waals surface area contributed by atoms with Crippen LogP contribution in [0.4, 0.5) is 0 Å². The van der Waals surface area contributed by atoms with Gasteiger partial charge < -0.3 is 14.5 Å². The average molecular weight is 330 g/mol. The highest BCUT2D eigenvalue weighted by Crippen LogP contribution is 2.44. The molecule has 3 atom stereocenters. The standard InChI is InChI=1S/C17H31O4P/c1-3-17(4-2,9-5-6-10-22(18,19)20)21-13-16-12-14-7-8-15(16)11-14/h7-8,14-16H,3-6,9-13H2,1-2H3,(H2,18,19,20). The largest absolute Gasteiger partial charge is 0.375 e. The van der Waals surface area contributed by atoms with E-state index in [2.05, 4.69) is 26.0 Å². The highest BCUT2D eigenvalue weighted by atomic mass is 31.2. The molecule has 22 heavy (non-hydrogen) atoms. The molecule has 0 amide bonds. The quantitative estimate of drug-likeness (QED) is 0.359. The minimum absolute atomic E-state index is 0.00627. The van der Waals surface area contributed by atoms with Gasteiger partial charge in [0.05, 0.1) is 12.2 Å². The molecule has 3 unspecified atom stereocenters. The maximum Gasteiger partial charge on any atom is 0.325 e. The van der Waals surface area contributed by atoms with Crippen molar-refractivity contribution >= 4 is 7.60 Å². The molecule has 0 aromatic carbocycles. The lowest BCUT2D eigenvalue weighted by Gasteiger charge is -2.34. The number of ether oxygens (including phenoxy) is 1. The van der Waals surface area contributed by atoms with Gasteiger partial charge in [-0.1, -0.05) is 26.0 Å². The first-order chi connectivity index (χ1) is 10.4. The van der Waals surface area contributed by atoms with E-state index in [-0.39, 0.29) is 11.8 Å². The molecule has 0 saturated heterocycles. The van der Waals surface area contributed by atoms with E-state index < -0.39 is 7.60 Å². The minimum atomic E-state index is -3.85. The van der Waals surface area contributed by atoms with E-state index in [4.69, 9.17) is 14.5 Å². The Morgan fingerprint density at radius 3 is 2.41 bits per heavy atom. The molecule has 1 saturated carbocycles. The van der Waals surface area contributed by atoms with Crippen molar-refractivity contribution in [3.05, 3.63) is 12.2 Å². The molecule has 0 aromatic heterocycles. The number of hydrogen-bond donors (Lipinski definition) is 2. The normalized spacial score (nSPS) is 27.7. The van der Waals surface area contributed by atoms with E-state index in [0.717, 1.165) is 38.2 Å². The van der Waals surface area contributed by atoms with Crippen LogP contribution in [-0.2, 0) is 9.30 Å². The molecule has 4 nitrogen and oxygen atoms in total. The van der Waals surface area contributed by atoms with Crippen LogP contribution in [0.2, 0.25) is 0 Å². The van der Waals surface area contributed by atoms with E-state index in [1.54, 1.807) is 0 Å². The summed E-state index contributed by atoms with van der Waals surface area (Å²) in [5.41, 5.74) is -0.111. The third-order valence-electron chi connectivity index (χ3n) is 5.64. The van der Waals surface area contributed by atoms with E-state index in [9.17, 15) is 4.57 Å². The summed E-state index contributed by atoms with van der Waals surface area (Å²) in [7, 11) is -3.85. The predicted octanol–water partition coefficient (Wildman–Crippen LogP) is 4.12. The fourth-order valence-corrected chi connectivity index (χ4v) is 4.65. The second kappa shape index (κ2) is 7.61. The molecule has 2 N–H and O–H groups in total. The van der Waals surface area contributed by atoms with Gasteiger partial charge in [-0.05, 0) is 62.7 Å². The predicted molar refractivity (Wildman–Crippen MR) is 88.9 cm³/mol. The van der Waals surface area contributed by atoms with Crippen molar-refractivity contribution in [3.8, 4) is 0 Å². The van der Waals surface area contributed by atoms with Gasteiger partial charge in [-0.3, -0.25) is 4.57 Å². The monoisotopic (exact) mass is 330 g/mol. The molecule has 2 aliphatic carbocycles. The minimum Gasteiger partial charge on any atom is -0.375 e. The number of allylic oxidation sites excluding steroid dienone is 2. The van der Waals surface area contributed by atoms with Gasteiger partial charge in [0.15, 0.2) is 0 Å². The summed E-state index contributed by atoms with van der Waals surface area (Å²) in [6.07, 6.45) is 11.5. The van der Waals surface area contributed by atoms with Gasteiger partial charge in [0, 0.05) is 6.16 Å². The van der Waals surface area contributed by atoms with Crippen LogP contribution in [0, 0.1) is 17.8 Å². The fraction of sp³-hybridized carbons (Fsp3) is 0.882. The van der Waals surface area contributed by atoms with Gasteiger partial charge in [0.25, 0.3) is 0 Å². The first-order valence-electron chi connectivity index (χ1n) is 8.74. The summed E-state index contributed by atoms with van der Waals surface area (Å²) in [5, 5.41) is 0. The van der Waals surface area contributed by atoms with Crippen molar-refractivity contribution in [2.24, 2.45) is 17.8 Å². The summed E-state index contributed by atoms with van der Waals surface area (Å²) in [4.78, 5) is 17.9. The van der Waals surface area contributed by atoms with E-state index in [1.807, 2.05) is 0 Å². The molecule has 5 heteroatoms. The van der Waals surface area contributed by atoms with Gasteiger partial charge >= 0.3 is 7.60 Å². The lowest BCUT2D eigenvalue weighted by atomic mass is 9.89. The maximum absolute atomic E-state index is 10.9. The first-order valence-corrected chi connectivity index (χ1v) is 10.5. The second-order valence-corrected chi connectivity index (χ2v) is 8.86. The number of hydrogen-bond acceptors (Lipinski definition) is 2. The summed E-state index contributed by atoms with van der Waals surface area (Å²) < 4.78 is 17.3. The topological polar surface area (TPSA) is 66.8 Å². The SMILES string of the molecule is CCC(CC)(CCCCP(=O)(O)O)OCC1CC2C=CC1C2. The van der Waals surface area contributed by atoms with Gasteiger partial charge in [-0.25, -0.2) is 0 Å². The van der Waals surface area contributed by atoms with Crippen molar-refractivity contribution in [2.45, 2.75) is 64.4 Å². The van der Waals surface area contributed by atoms with Crippen LogP contribution in [0.25, 0.3) is 0 Å². The Kier molecular flexibility index (Phi) is 6.30. The Morgan fingerprint density at radius 1 is 1.18 bits per heavy atom.